The second kappa shape index (κ2) is 9.00. The van der Waals surface area contributed by atoms with Crippen LogP contribution in [0.2, 0.25) is 10.2 Å². The molecule has 0 saturated carbocycles. The molecule has 1 atom stereocenters. The molecule has 3 aromatic rings. The van der Waals surface area contributed by atoms with E-state index in [0.717, 1.165) is 0 Å². The van der Waals surface area contributed by atoms with Gasteiger partial charge >= 0.3 is 5.97 Å². The fourth-order valence-electron chi connectivity index (χ4n) is 4.04. The largest absolute Gasteiger partial charge is 0.476 e. The molecule has 1 aliphatic carbocycles. The van der Waals surface area contributed by atoms with Crippen molar-refractivity contribution in [2.24, 2.45) is 0 Å². The fraction of sp³-hybridized carbons (Fsp3) is 0.292. The van der Waals surface area contributed by atoms with Crippen LogP contribution in [0.3, 0.4) is 0 Å². The van der Waals surface area contributed by atoms with Crippen LogP contribution < -0.4 is 10.7 Å². The average Bonchev–Trinajstić information content (AvgIpc) is 2.77. The van der Waals surface area contributed by atoms with Crippen molar-refractivity contribution in [2.75, 3.05) is 5.32 Å². The van der Waals surface area contributed by atoms with E-state index in [9.17, 15) is 23.5 Å². The van der Waals surface area contributed by atoms with Crippen molar-refractivity contribution in [1.82, 2.24) is 4.98 Å². The first-order valence-electron chi connectivity index (χ1n) is 10.5. The number of carboxylic acids is 1. The molecule has 0 radical (unpaired) electrons. The summed E-state index contributed by atoms with van der Waals surface area (Å²) in [6, 6.07) is 5.47. The third-order valence-electron chi connectivity index (χ3n) is 5.81. The zero-order chi connectivity index (χ0) is 24.8. The second-order valence-corrected chi connectivity index (χ2v) is 9.07. The summed E-state index contributed by atoms with van der Waals surface area (Å²) in [5, 5.41) is 13.1. The summed E-state index contributed by atoms with van der Waals surface area (Å²) < 4.78 is 33.5. The number of anilines is 1. The highest BCUT2D eigenvalue weighted by Crippen LogP contribution is 2.39. The van der Waals surface area contributed by atoms with E-state index in [1.807, 2.05) is 0 Å². The van der Waals surface area contributed by atoms with Gasteiger partial charge in [0.25, 0.3) is 5.92 Å². The highest BCUT2D eigenvalue weighted by atomic mass is 35.5. The number of hydrogen-bond donors (Lipinski definition) is 2. The Kier molecular flexibility index (Phi) is 6.40. The number of fused-ring (bicyclic) bond motifs is 1. The molecule has 0 amide bonds. The minimum Gasteiger partial charge on any atom is -0.476 e. The topological polar surface area (TPSA) is 92.4 Å². The van der Waals surface area contributed by atoms with Gasteiger partial charge in [-0.1, -0.05) is 29.3 Å². The number of allylic oxidation sites excluding steroid dienone is 2. The molecule has 6 nitrogen and oxygen atoms in total. The first-order valence-corrected chi connectivity index (χ1v) is 11.2. The Morgan fingerprint density at radius 2 is 2.03 bits per heavy atom. The third kappa shape index (κ3) is 4.65. The number of aromatic nitrogens is 1. The first-order chi connectivity index (χ1) is 16.0. The van der Waals surface area contributed by atoms with Crippen LogP contribution in [-0.4, -0.2) is 22.0 Å². The summed E-state index contributed by atoms with van der Waals surface area (Å²) in [6.07, 6.45) is 0.747. The van der Waals surface area contributed by atoms with E-state index >= 15 is 0 Å². The Morgan fingerprint density at radius 1 is 1.29 bits per heavy atom. The number of carbonyl (C=O) groups is 1. The van der Waals surface area contributed by atoms with Crippen molar-refractivity contribution in [3.63, 3.8) is 0 Å². The minimum absolute atomic E-state index is 0.0289. The van der Waals surface area contributed by atoms with Gasteiger partial charge in [-0.15, -0.1) is 0 Å². The maximum Gasteiger partial charge on any atom is 0.356 e. The number of nitrogens with zero attached hydrogens (tertiary/aromatic N) is 1. The van der Waals surface area contributed by atoms with Crippen molar-refractivity contribution in [1.29, 1.82) is 0 Å². The molecule has 0 aliphatic heterocycles. The van der Waals surface area contributed by atoms with E-state index < -0.39 is 24.4 Å². The van der Waals surface area contributed by atoms with Gasteiger partial charge in [0.1, 0.15) is 16.5 Å². The summed E-state index contributed by atoms with van der Waals surface area (Å²) in [5.41, 5.74) is 1.24. The molecule has 1 aliphatic rings. The Labute approximate surface area is 203 Å². The lowest BCUT2D eigenvalue weighted by Crippen LogP contribution is -2.19. The van der Waals surface area contributed by atoms with Gasteiger partial charge in [-0.3, -0.25) is 4.79 Å². The Hall–Kier alpha value is -2.97. The van der Waals surface area contributed by atoms with Gasteiger partial charge in [-0.25, -0.2) is 18.6 Å². The number of pyridine rings is 1. The van der Waals surface area contributed by atoms with Gasteiger partial charge < -0.3 is 14.8 Å². The zero-order valence-corrected chi connectivity index (χ0v) is 19.7. The lowest BCUT2D eigenvalue weighted by atomic mass is 9.92. The van der Waals surface area contributed by atoms with Crippen LogP contribution in [0, 0.1) is 6.92 Å². The van der Waals surface area contributed by atoms with Gasteiger partial charge in [-0.2, -0.15) is 0 Å². The van der Waals surface area contributed by atoms with E-state index in [1.165, 1.54) is 24.3 Å². The lowest BCUT2D eigenvalue weighted by molar-refractivity contribution is -0.00618. The summed E-state index contributed by atoms with van der Waals surface area (Å²) in [5.74, 6) is -3.78. The van der Waals surface area contributed by atoms with Crippen molar-refractivity contribution in [3.05, 3.63) is 73.3 Å². The molecular formula is C24H20Cl2F2N2O4. The van der Waals surface area contributed by atoms with Gasteiger partial charge in [-0.05, 0) is 50.1 Å². The van der Waals surface area contributed by atoms with Crippen molar-refractivity contribution in [3.8, 4) is 0 Å². The smallest absolute Gasteiger partial charge is 0.356 e. The SMILES string of the molecule is Cc1c(C2=CCC(F)(F)CC2)oc2c(C(C)Nc3ccc(Cl)nc3C(=O)O)cc(Cl)cc2c1=O. The summed E-state index contributed by atoms with van der Waals surface area (Å²) >= 11 is 12.1. The monoisotopic (exact) mass is 508 g/mol. The molecule has 1 aromatic carbocycles. The van der Waals surface area contributed by atoms with Crippen molar-refractivity contribution < 1.29 is 23.1 Å². The number of benzene rings is 1. The number of nitrogens with one attached hydrogen (secondary N) is 1. The van der Waals surface area contributed by atoms with Gasteiger partial charge in [0.05, 0.1) is 17.1 Å². The molecule has 1 unspecified atom stereocenters. The van der Waals surface area contributed by atoms with E-state index in [2.05, 4.69) is 10.3 Å². The Balaban J connectivity index is 1.84. The molecule has 178 valence electrons. The van der Waals surface area contributed by atoms with E-state index in [1.54, 1.807) is 19.9 Å². The Bertz CT molecular complexity index is 1400. The summed E-state index contributed by atoms with van der Waals surface area (Å²) in [7, 11) is 0. The van der Waals surface area contributed by atoms with Crippen LogP contribution >= 0.6 is 23.2 Å². The number of aromatic carboxylic acids is 1. The van der Waals surface area contributed by atoms with Crippen LogP contribution in [-0.2, 0) is 0 Å². The molecule has 34 heavy (non-hydrogen) atoms. The van der Waals surface area contributed by atoms with Crippen molar-refractivity contribution >= 4 is 51.4 Å². The zero-order valence-electron chi connectivity index (χ0n) is 18.2. The predicted octanol–water partition coefficient (Wildman–Crippen LogP) is 6.88. The maximum absolute atomic E-state index is 13.6. The quantitative estimate of drug-likeness (QED) is 0.365. The maximum atomic E-state index is 13.6. The standard InChI is InChI=1S/C24H20Cl2F2N2O4/c1-11-20(31)16-10-14(25)9-15(12(2)29-17-3-4-18(26)30-19(17)23(32)33)22(16)34-21(11)13-5-7-24(27,28)8-6-13/h3-5,9-10,12,29H,6-8H2,1-2H3,(H,32,33). The average molecular weight is 509 g/mol. The predicted molar refractivity (Wildman–Crippen MR) is 127 cm³/mol. The van der Waals surface area contributed by atoms with Crippen LogP contribution in [0.4, 0.5) is 14.5 Å². The van der Waals surface area contributed by atoms with E-state index in [0.29, 0.717) is 21.7 Å². The van der Waals surface area contributed by atoms with Crippen LogP contribution in [0.1, 0.15) is 59.6 Å². The number of rotatable bonds is 5. The molecule has 0 fully saturated rings. The number of hydrogen-bond acceptors (Lipinski definition) is 5. The molecular weight excluding hydrogens is 489 g/mol. The number of halogens is 4. The highest BCUT2D eigenvalue weighted by molar-refractivity contribution is 6.31. The molecule has 2 heterocycles. The summed E-state index contributed by atoms with van der Waals surface area (Å²) in [6.45, 7) is 3.33. The second-order valence-electron chi connectivity index (χ2n) is 8.25. The third-order valence-corrected chi connectivity index (χ3v) is 6.24. The van der Waals surface area contributed by atoms with Crippen LogP contribution in [0.25, 0.3) is 16.5 Å². The normalized spacial score (nSPS) is 16.2. The van der Waals surface area contributed by atoms with E-state index in [-0.39, 0.29) is 51.5 Å². The molecule has 2 aromatic heterocycles. The molecule has 0 spiro atoms. The number of alkyl halides is 2. The lowest BCUT2D eigenvalue weighted by Gasteiger charge is -2.23. The van der Waals surface area contributed by atoms with Crippen LogP contribution in [0.15, 0.2) is 39.6 Å². The van der Waals surface area contributed by atoms with Gasteiger partial charge in [0, 0.05) is 29.0 Å². The van der Waals surface area contributed by atoms with E-state index in [4.69, 9.17) is 27.6 Å². The van der Waals surface area contributed by atoms with Gasteiger partial charge in [0.2, 0.25) is 0 Å². The first kappa shape index (κ1) is 24.2. The van der Waals surface area contributed by atoms with Crippen molar-refractivity contribution in [2.45, 2.75) is 45.1 Å². The van der Waals surface area contributed by atoms with Gasteiger partial charge in [0.15, 0.2) is 11.1 Å². The van der Waals surface area contributed by atoms with Crippen LogP contribution in [0.5, 0.6) is 0 Å². The molecule has 0 bridgehead atoms. The minimum atomic E-state index is -2.78. The highest BCUT2D eigenvalue weighted by Gasteiger charge is 2.32. The number of carboxylic acid groups (broad SMARTS) is 1. The summed E-state index contributed by atoms with van der Waals surface area (Å²) in [4.78, 5) is 28.6. The fourth-order valence-corrected chi connectivity index (χ4v) is 4.41. The Morgan fingerprint density at radius 3 is 2.68 bits per heavy atom. The molecule has 0 saturated heterocycles. The molecule has 10 heteroatoms. The molecule has 2 N–H and O–H groups in total. The molecule has 4 rings (SSSR count).